The minimum atomic E-state index is -0.00826. The van der Waals surface area contributed by atoms with Crippen molar-refractivity contribution in [2.45, 2.75) is 13.8 Å². The lowest BCUT2D eigenvalue weighted by molar-refractivity contribution is 0.200. The predicted octanol–water partition coefficient (Wildman–Crippen LogP) is 2.84. The molecule has 2 rings (SSSR count). The summed E-state index contributed by atoms with van der Waals surface area (Å²) in [5, 5.41) is 17.8. The van der Waals surface area contributed by atoms with Crippen molar-refractivity contribution in [1.29, 1.82) is 0 Å². The molecule has 110 valence electrons. The molecule has 0 radical (unpaired) electrons. The normalized spacial score (nSPS) is 10.8. The molecule has 6 heteroatoms. The van der Waals surface area contributed by atoms with Crippen LogP contribution in [0.5, 0.6) is 11.5 Å². The van der Waals surface area contributed by atoms with E-state index in [1.165, 1.54) is 0 Å². The van der Waals surface area contributed by atoms with Crippen molar-refractivity contribution in [3.63, 3.8) is 0 Å². The Hall–Kier alpha value is -1.08. The van der Waals surface area contributed by atoms with Crippen molar-refractivity contribution in [3.05, 3.63) is 21.9 Å². The van der Waals surface area contributed by atoms with E-state index in [1.54, 1.807) is 22.7 Å². The molecule has 0 amide bonds. The highest BCUT2D eigenvalue weighted by Gasteiger charge is 2.18. The lowest BCUT2D eigenvalue weighted by Crippen LogP contribution is -2.02. The number of aryl methyl sites for hydroxylation is 2. The van der Waals surface area contributed by atoms with Crippen LogP contribution in [0.4, 0.5) is 0 Å². The molecule has 0 saturated heterocycles. The van der Waals surface area contributed by atoms with Crippen LogP contribution in [-0.2, 0) is 0 Å². The molecule has 20 heavy (non-hydrogen) atoms. The molecule has 0 atom stereocenters. The van der Waals surface area contributed by atoms with Crippen LogP contribution in [0.25, 0.3) is 9.75 Å². The largest absolute Gasteiger partial charge is 0.490 e. The van der Waals surface area contributed by atoms with Gasteiger partial charge in [-0.15, -0.1) is 22.7 Å². The Bertz CT molecular complexity index is 509. The van der Waals surface area contributed by atoms with Crippen LogP contribution in [0.3, 0.4) is 0 Å². The minimum Gasteiger partial charge on any atom is -0.490 e. The molecule has 0 bridgehead atoms. The van der Waals surface area contributed by atoms with Crippen molar-refractivity contribution in [3.8, 4) is 21.3 Å². The average Bonchev–Trinajstić information content (AvgIpc) is 2.96. The van der Waals surface area contributed by atoms with E-state index in [2.05, 4.69) is 0 Å². The highest BCUT2D eigenvalue weighted by Crippen LogP contribution is 2.46. The van der Waals surface area contributed by atoms with Crippen LogP contribution in [0.2, 0.25) is 0 Å². The number of aliphatic hydroxyl groups is 2. The summed E-state index contributed by atoms with van der Waals surface area (Å²) >= 11 is 3.28. The van der Waals surface area contributed by atoms with E-state index >= 15 is 0 Å². The fourth-order valence-corrected chi connectivity index (χ4v) is 3.87. The van der Waals surface area contributed by atoms with Crippen molar-refractivity contribution in [2.75, 3.05) is 26.4 Å². The van der Waals surface area contributed by atoms with Crippen LogP contribution in [0, 0.1) is 13.8 Å². The van der Waals surface area contributed by atoms with Gasteiger partial charge < -0.3 is 19.7 Å². The summed E-state index contributed by atoms with van der Waals surface area (Å²) in [6.07, 6.45) is 0. The lowest BCUT2D eigenvalue weighted by atomic mass is 10.3. The van der Waals surface area contributed by atoms with E-state index in [4.69, 9.17) is 19.7 Å². The van der Waals surface area contributed by atoms with Crippen LogP contribution >= 0.6 is 22.7 Å². The fourth-order valence-electron chi connectivity index (χ4n) is 1.82. The Labute approximate surface area is 126 Å². The molecule has 2 N–H and O–H groups in total. The Kier molecular flexibility index (Phi) is 5.42. The summed E-state index contributed by atoms with van der Waals surface area (Å²) in [6, 6.07) is 3.95. The van der Waals surface area contributed by atoms with Gasteiger partial charge in [-0.05, 0) is 26.0 Å². The van der Waals surface area contributed by atoms with E-state index in [0.29, 0.717) is 0 Å². The predicted molar refractivity (Wildman–Crippen MR) is 82.3 cm³/mol. The maximum Gasteiger partial charge on any atom is 0.139 e. The topological polar surface area (TPSA) is 58.9 Å². The summed E-state index contributed by atoms with van der Waals surface area (Å²) in [5.74, 6) is 1.55. The Balaban J connectivity index is 2.34. The summed E-state index contributed by atoms with van der Waals surface area (Å²) in [4.78, 5) is 4.32. The number of ether oxygens (including phenoxy) is 2. The van der Waals surface area contributed by atoms with Gasteiger partial charge in [0.25, 0.3) is 0 Å². The first-order chi connectivity index (χ1) is 9.65. The van der Waals surface area contributed by atoms with Crippen LogP contribution in [0.1, 0.15) is 9.75 Å². The zero-order valence-corrected chi connectivity index (χ0v) is 13.1. The van der Waals surface area contributed by atoms with Gasteiger partial charge >= 0.3 is 0 Å². The SMILES string of the molecule is Cc1cc(OCCO)c(-c2sc(C)cc2OCCO)s1. The summed E-state index contributed by atoms with van der Waals surface area (Å²) < 4.78 is 11.2. The van der Waals surface area contributed by atoms with Crippen LogP contribution in [-0.4, -0.2) is 36.6 Å². The van der Waals surface area contributed by atoms with E-state index < -0.39 is 0 Å². The summed E-state index contributed by atoms with van der Waals surface area (Å²) in [7, 11) is 0. The van der Waals surface area contributed by atoms with E-state index in [1.807, 2.05) is 26.0 Å². The molecule has 4 nitrogen and oxygen atoms in total. The fraction of sp³-hybridized carbons (Fsp3) is 0.429. The first-order valence-electron chi connectivity index (χ1n) is 6.34. The first kappa shape index (κ1) is 15.3. The number of aliphatic hydroxyl groups excluding tert-OH is 2. The average molecular weight is 314 g/mol. The van der Waals surface area contributed by atoms with Gasteiger partial charge in [0.15, 0.2) is 0 Å². The molecule has 0 spiro atoms. The molecule has 0 aliphatic rings. The molecule has 0 unspecified atom stereocenters. The molecule has 2 heterocycles. The zero-order chi connectivity index (χ0) is 14.5. The van der Waals surface area contributed by atoms with E-state index in [9.17, 15) is 0 Å². The molecular formula is C14H18O4S2. The van der Waals surface area contributed by atoms with Gasteiger partial charge in [0, 0.05) is 9.75 Å². The minimum absolute atomic E-state index is 0.00826. The maximum atomic E-state index is 8.90. The second-order valence-electron chi connectivity index (χ2n) is 4.24. The number of hydrogen-bond acceptors (Lipinski definition) is 6. The highest BCUT2D eigenvalue weighted by atomic mass is 32.1. The monoisotopic (exact) mass is 314 g/mol. The summed E-state index contributed by atoms with van der Waals surface area (Å²) in [5.41, 5.74) is 0. The van der Waals surface area contributed by atoms with Gasteiger partial charge in [-0.1, -0.05) is 0 Å². The third-order valence-corrected chi connectivity index (χ3v) is 4.77. The third kappa shape index (κ3) is 3.52. The molecule has 2 aromatic rings. The first-order valence-corrected chi connectivity index (χ1v) is 7.97. The smallest absolute Gasteiger partial charge is 0.139 e. The number of thiophene rings is 2. The second-order valence-corrected chi connectivity index (χ2v) is 6.76. The van der Waals surface area contributed by atoms with Gasteiger partial charge in [-0.25, -0.2) is 0 Å². The Morgan fingerprint density at radius 3 is 1.60 bits per heavy atom. The second kappa shape index (κ2) is 7.08. The quantitative estimate of drug-likeness (QED) is 0.825. The highest BCUT2D eigenvalue weighted by molar-refractivity contribution is 7.22. The van der Waals surface area contributed by atoms with Gasteiger partial charge in [0.2, 0.25) is 0 Å². The molecular weight excluding hydrogens is 296 g/mol. The summed E-state index contributed by atoms with van der Waals surface area (Å²) in [6.45, 7) is 4.58. The van der Waals surface area contributed by atoms with E-state index in [-0.39, 0.29) is 26.4 Å². The third-order valence-electron chi connectivity index (χ3n) is 2.55. The van der Waals surface area contributed by atoms with Crippen molar-refractivity contribution in [1.82, 2.24) is 0 Å². The molecule has 0 fully saturated rings. The number of hydrogen-bond donors (Lipinski definition) is 2. The van der Waals surface area contributed by atoms with Gasteiger partial charge in [-0.2, -0.15) is 0 Å². The number of rotatable bonds is 7. The maximum absolute atomic E-state index is 8.90. The van der Waals surface area contributed by atoms with Gasteiger partial charge in [0.1, 0.15) is 24.7 Å². The molecule has 0 aliphatic heterocycles. The van der Waals surface area contributed by atoms with Gasteiger partial charge in [-0.3, -0.25) is 0 Å². The van der Waals surface area contributed by atoms with Crippen molar-refractivity contribution in [2.24, 2.45) is 0 Å². The van der Waals surface area contributed by atoms with Crippen molar-refractivity contribution < 1.29 is 19.7 Å². The van der Waals surface area contributed by atoms with Crippen LogP contribution in [0.15, 0.2) is 12.1 Å². The van der Waals surface area contributed by atoms with Crippen LogP contribution < -0.4 is 9.47 Å². The van der Waals surface area contributed by atoms with Crippen molar-refractivity contribution >= 4 is 22.7 Å². The van der Waals surface area contributed by atoms with Gasteiger partial charge in [0.05, 0.1) is 23.0 Å². The van der Waals surface area contributed by atoms with E-state index in [0.717, 1.165) is 31.0 Å². The molecule has 0 aromatic carbocycles. The molecule has 2 aromatic heterocycles. The molecule has 0 saturated carbocycles. The lowest BCUT2D eigenvalue weighted by Gasteiger charge is -2.07. The Morgan fingerprint density at radius 1 is 0.850 bits per heavy atom. The molecule has 0 aliphatic carbocycles. The zero-order valence-electron chi connectivity index (χ0n) is 11.5. The Morgan fingerprint density at radius 2 is 1.25 bits per heavy atom. The standard InChI is InChI=1S/C14H18O4S2/c1-9-7-11(17-5-3-15)13(19-9)14-12(18-6-4-16)8-10(2)20-14/h7-8,15-16H,3-6H2,1-2H3.